The number of hydrogen-bond acceptors (Lipinski definition) is 3. The number of nitrogens with one attached hydrogen (secondary N) is 1. The van der Waals surface area contributed by atoms with Gasteiger partial charge in [0.25, 0.3) is 0 Å². The average molecular weight is 236 g/mol. The molecule has 0 fully saturated rings. The van der Waals surface area contributed by atoms with E-state index < -0.39 is 0 Å². The third-order valence-corrected chi connectivity index (χ3v) is 2.32. The molecule has 0 bridgehead atoms. The predicted octanol–water partition coefficient (Wildman–Crippen LogP) is 1.31. The van der Waals surface area contributed by atoms with Crippen molar-refractivity contribution in [3.05, 3.63) is 30.3 Å². The van der Waals surface area contributed by atoms with Crippen molar-refractivity contribution in [2.75, 3.05) is 19.7 Å². The van der Waals surface area contributed by atoms with Crippen molar-refractivity contribution in [1.29, 1.82) is 0 Å². The SMILES string of the molecule is NC(=O)CCCCNCCOc1ccccc1. The molecule has 4 heteroatoms. The molecule has 1 aromatic carbocycles. The Kier molecular flexibility index (Phi) is 6.82. The number of amides is 1. The molecule has 1 amide bonds. The molecule has 0 aliphatic carbocycles. The third-order valence-electron chi connectivity index (χ3n) is 2.32. The van der Waals surface area contributed by atoms with Crippen LogP contribution in [0.1, 0.15) is 19.3 Å². The highest BCUT2D eigenvalue weighted by Crippen LogP contribution is 2.07. The Hall–Kier alpha value is -1.55. The maximum Gasteiger partial charge on any atom is 0.217 e. The Morgan fingerprint density at radius 2 is 1.94 bits per heavy atom. The average Bonchev–Trinajstić information content (AvgIpc) is 2.33. The minimum atomic E-state index is -0.225. The normalized spacial score (nSPS) is 10.1. The number of hydrogen-bond donors (Lipinski definition) is 2. The molecule has 1 rings (SSSR count). The topological polar surface area (TPSA) is 64.4 Å². The molecule has 4 nitrogen and oxygen atoms in total. The summed E-state index contributed by atoms with van der Waals surface area (Å²) in [5.74, 6) is 0.667. The van der Waals surface area contributed by atoms with E-state index in [1.165, 1.54) is 0 Å². The Labute approximate surface area is 102 Å². The van der Waals surface area contributed by atoms with Gasteiger partial charge in [-0.05, 0) is 31.5 Å². The van der Waals surface area contributed by atoms with E-state index in [2.05, 4.69) is 5.32 Å². The maximum atomic E-state index is 10.5. The highest BCUT2D eigenvalue weighted by atomic mass is 16.5. The summed E-state index contributed by atoms with van der Waals surface area (Å²) in [5.41, 5.74) is 5.04. The summed E-state index contributed by atoms with van der Waals surface area (Å²) in [5, 5.41) is 3.25. The molecule has 0 saturated carbocycles. The number of benzene rings is 1. The van der Waals surface area contributed by atoms with Gasteiger partial charge < -0.3 is 15.8 Å². The number of rotatable bonds is 9. The van der Waals surface area contributed by atoms with Crippen molar-refractivity contribution in [2.45, 2.75) is 19.3 Å². The predicted molar refractivity (Wildman–Crippen MR) is 67.9 cm³/mol. The second kappa shape index (κ2) is 8.58. The van der Waals surface area contributed by atoms with Crippen molar-refractivity contribution in [1.82, 2.24) is 5.32 Å². The molecule has 0 radical (unpaired) electrons. The summed E-state index contributed by atoms with van der Waals surface area (Å²) in [6, 6.07) is 9.74. The van der Waals surface area contributed by atoms with E-state index in [0.717, 1.165) is 31.7 Å². The smallest absolute Gasteiger partial charge is 0.217 e. The van der Waals surface area contributed by atoms with Crippen LogP contribution in [0.2, 0.25) is 0 Å². The summed E-state index contributed by atoms with van der Waals surface area (Å²) in [6.07, 6.45) is 2.29. The highest BCUT2D eigenvalue weighted by molar-refractivity contribution is 5.73. The zero-order valence-corrected chi connectivity index (χ0v) is 10.0. The number of ether oxygens (including phenoxy) is 1. The lowest BCUT2D eigenvalue weighted by Gasteiger charge is -2.07. The lowest BCUT2D eigenvalue weighted by molar-refractivity contribution is -0.118. The van der Waals surface area contributed by atoms with Gasteiger partial charge >= 0.3 is 0 Å². The van der Waals surface area contributed by atoms with Crippen LogP contribution in [-0.2, 0) is 4.79 Å². The number of primary amides is 1. The standard InChI is InChI=1S/C13H20N2O2/c14-13(16)8-4-5-9-15-10-11-17-12-6-2-1-3-7-12/h1-3,6-7,15H,4-5,8-11H2,(H2,14,16). The molecule has 94 valence electrons. The van der Waals surface area contributed by atoms with Crippen LogP contribution in [0.5, 0.6) is 5.75 Å². The van der Waals surface area contributed by atoms with Crippen LogP contribution < -0.4 is 15.8 Å². The maximum absolute atomic E-state index is 10.5. The van der Waals surface area contributed by atoms with Crippen LogP contribution >= 0.6 is 0 Å². The van der Waals surface area contributed by atoms with Crippen molar-refractivity contribution in [3.63, 3.8) is 0 Å². The summed E-state index contributed by atoms with van der Waals surface area (Å²) in [6.45, 7) is 2.36. The quantitative estimate of drug-likeness (QED) is 0.635. The molecule has 0 atom stereocenters. The molecule has 0 heterocycles. The molecule has 3 N–H and O–H groups in total. The molecular weight excluding hydrogens is 216 g/mol. The van der Waals surface area contributed by atoms with Crippen LogP contribution in [0.25, 0.3) is 0 Å². The summed E-state index contributed by atoms with van der Waals surface area (Å²) in [7, 11) is 0. The molecule has 1 aromatic rings. The Morgan fingerprint density at radius 1 is 1.18 bits per heavy atom. The monoisotopic (exact) mass is 236 g/mol. The van der Waals surface area contributed by atoms with Crippen LogP contribution in [0, 0.1) is 0 Å². The molecular formula is C13H20N2O2. The van der Waals surface area contributed by atoms with E-state index in [4.69, 9.17) is 10.5 Å². The lowest BCUT2D eigenvalue weighted by atomic mass is 10.2. The zero-order valence-electron chi connectivity index (χ0n) is 10.0. The second-order valence-electron chi connectivity index (χ2n) is 3.83. The fourth-order valence-corrected chi connectivity index (χ4v) is 1.43. The second-order valence-corrected chi connectivity index (χ2v) is 3.83. The van der Waals surface area contributed by atoms with E-state index >= 15 is 0 Å². The van der Waals surface area contributed by atoms with E-state index in [0.29, 0.717) is 13.0 Å². The number of carbonyl (C=O) groups excluding carboxylic acids is 1. The Bertz CT molecular complexity index is 314. The van der Waals surface area contributed by atoms with Gasteiger partial charge in [0.2, 0.25) is 5.91 Å². The number of nitrogens with two attached hydrogens (primary N) is 1. The Balaban J connectivity index is 1.90. The first-order valence-electron chi connectivity index (χ1n) is 5.96. The molecule has 0 unspecified atom stereocenters. The van der Waals surface area contributed by atoms with E-state index in [-0.39, 0.29) is 5.91 Å². The molecule has 0 saturated heterocycles. The number of unbranched alkanes of at least 4 members (excludes halogenated alkanes) is 1. The van der Waals surface area contributed by atoms with Crippen molar-refractivity contribution >= 4 is 5.91 Å². The fourth-order valence-electron chi connectivity index (χ4n) is 1.43. The summed E-state index contributed by atoms with van der Waals surface area (Å²) >= 11 is 0. The van der Waals surface area contributed by atoms with Gasteiger partial charge in [-0.25, -0.2) is 0 Å². The minimum absolute atomic E-state index is 0.225. The Morgan fingerprint density at radius 3 is 2.65 bits per heavy atom. The van der Waals surface area contributed by atoms with Gasteiger partial charge in [-0.2, -0.15) is 0 Å². The molecule has 0 aliphatic heterocycles. The van der Waals surface area contributed by atoms with Gasteiger partial charge in [-0.15, -0.1) is 0 Å². The zero-order chi connectivity index (χ0) is 12.3. The van der Waals surface area contributed by atoms with Gasteiger partial charge in [-0.1, -0.05) is 18.2 Å². The summed E-state index contributed by atoms with van der Waals surface area (Å²) in [4.78, 5) is 10.5. The largest absolute Gasteiger partial charge is 0.492 e. The number of carbonyl (C=O) groups is 1. The third kappa shape index (κ3) is 7.36. The van der Waals surface area contributed by atoms with E-state index in [9.17, 15) is 4.79 Å². The van der Waals surface area contributed by atoms with Crippen molar-refractivity contribution < 1.29 is 9.53 Å². The fraction of sp³-hybridized carbons (Fsp3) is 0.462. The molecule has 17 heavy (non-hydrogen) atoms. The van der Waals surface area contributed by atoms with Gasteiger partial charge in [0, 0.05) is 13.0 Å². The van der Waals surface area contributed by atoms with Gasteiger partial charge in [0.1, 0.15) is 12.4 Å². The first-order valence-corrected chi connectivity index (χ1v) is 5.96. The van der Waals surface area contributed by atoms with Crippen LogP contribution in [0.4, 0.5) is 0 Å². The van der Waals surface area contributed by atoms with E-state index in [1.807, 2.05) is 30.3 Å². The first-order chi connectivity index (χ1) is 8.29. The minimum Gasteiger partial charge on any atom is -0.492 e. The number of para-hydroxylation sites is 1. The lowest BCUT2D eigenvalue weighted by Crippen LogP contribution is -2.22. The van der Waals surface area contributed by atoms with Crippen molar-refractivity contribution in [2.24, 2.45) is 5.73 Å². The van der Waals surface area contributed by atoms with E-state index in [1.54, 1.807) is 0 Å². The molecule has 0 aliphatic rings. The van der Waals surface area contributed by atoms with Crippen LogP contribution in [-0.4, -0.2) is 25.6 Å². The van der Waals surface area contributed by atoms with Crippen molar-refractivity contribution in [3.8, 4) is 5.75 Å². The molecule has 0 aromatic heterocycles. The summed E-state index contributed by atoms with van der Waals surface area (Å²) < 4.78 is 5.51. The van der Waals surface area contributed by atoms with Crippen LogP contribution in [0.15, 0.2) is 30.3 Å². The molecule has 0 spiro atoms. The first kappa shape index (κ1) is 13.5. The van der Waals surface area contributed by atoms with Gasteiger partial charge in [-0.3, -0.25) is 4.79 Å². The van der Waals surface area contributed by atoms with Gasteiger partial charge in [0.05, 0.1) is 0 Å². The van der Waals surface area contributed by atoms with Gasteiger partial charge in [0.15, 0.2) is 0 Å². The van der Waals surface area contributed by atoms with Crippen LogP contribution in [0.3, 0.4) is 0 Å². The highest BCUT2D eigenvalue weighted by Gasteiger charge is 1.94.